The maximum atomic E-state index is 9.51. The van der Waals surface area contributed by atoms with Gasteiger partial charge in [-0.2, -0.15) is 0 Å². The zero-order chi connectivity index (χ0) is 20.5. The average Bonchev–Trinajstić information content (AvgIpc) is 3.16. The van der Waals surface area contributed by atoms with Gasteiger partial charge in [0.05, 0.1) is 0 Å². The van der Waals surface area contributed by atoms with Crippen molar-refractivity contribution in [2.24, 2.45) is 5.73 Å². The fourth-order valence-corrected chi connectivity index (χ4v) is 6.81. The van der Waals surface area contributed by atoms with E-state index >= 15 is 0 Å². The van der Waals surface area contributed by atoms with Crippen LogP contribution in [0.15, 0.2) is 35.1 Å². The van der Waals surface area contributed by atoms with E-state index in [1.54, 1.807) is 0 Å². The quantitative estimate of drug-likeness (QED) is 0.295. The van der Waals surface area contributed by atoms with Gasteiger partial charge in [-0.3, -0.25) is 0 Å². The number of halogens is 2. The SMILES string of the molecule is CC1([I-]I)C=Cc2sc3c(c2C=C1)C(=C(C#N)C#N)/C(=C\N)C3=C(C#N)C#N. The third-order valence-corrected chi connectivity index (χ3v) is 13.1. The van der Waals surface area contributed by atoms with Gasteiger partial charge >= 0.3 is 188 Å². The third kappa shape index (κ3) is 3.08. The molecule has 136 valence electrons. The summed E-state index contributed by atoms with van der Waals surface area (Å²) in [4.78, 5) is 1.66. The predicted molar refractivity (Wildman–Crippen MR) is 113 cm³/mol. The van der Waals surface area contributed by atoms with E-state index in [2.05, 4.69) is 43.8 Å². The van der Waals surface area contributed by atoms with Gasteiger partial charge in [-0.15, -0.1) is 0 Å². The van der Waals surface area contributed by atoms with Gasteiger partial charge in [0.15, 0.2) is 0 Å². The van der Waals surface area contributed by atoms with E-state index in [-0.39, 0.29) is 31.8 Å². The molecule has 1 unspecified atom stereocenters. The van der Waals surface area contributed by atoms with Gasteiger partial charge in [0.2, 0.25) is 0 Å². The summed E-state index contributed by atoms with van der Waals surface area (Å²) in [6.45, 7) is 2.17. The molecule has 0 saturated heterocycles. The first-order chi connectivity index (χ1) is 13.5. The van der Waals surface area contributed by atoms with Crippen LogP contribution >= 0.6 is 30.0 Å². The molecule has 0 saturated carbocycles. The number of nitriles is 4. The van der Waals surface area contributed by atoms with Crippen molar-refractivity contribution in [1.29, 1.82) is 21.0 Å². The van der Waals surface area contributed by atoms with Crippen LogP contribution in [0.5, 0.6) is 0 Å². The fraction of sp³-hybridized carbons (Fsp3) is 0.100. The van der Waals surface area contributed by atoms with Crippen molar-refractivity contribution in [2.45, 2.75) is 10.3 Å². The molecule has 2 aliphatic rings. The summed E-state index contributed by atoms with van der Waals surface area (Å²) in [5, 5.41) is 37.9. The molecule has 1 heterocycles. The Morgan fingerprint density at radius 3 is 2.18 bits per heavy atom. The second-order valence-corrected chi connectivity index (χ2v) is 12.5. The summed E-state index contributed by atoms with van der Waals surface area (Å²) >= 11 is 3.77. The van der Waals surface area contributed by atoms with Gasteiger partial charge in [-0.05, 0) is 0 Å². The first kappa shape index (κ1) is 20.4. The topological polar surface area (TPSA) is 121 Å². The van der Waals surface area contributed by atoms with Crippen molar-refractivity contribution in [1.82, 2.24) is 0 Å². The minimum atomic E-state index is -0.117. The van der Waals surface area contributed by atoms with Gasteiger partial charge in [0, 0.05) is 0 Å². The molecule has 0 aromatic carbocycles. The minimum absolute atomic E-state index is 0.00347. The first-order valence-corrected chi connectivity index (χ1v) is 16.0. The second-order valence-electron chi connectivity index (χ2n) is 6.00. The third-order valence-electron chi connectivity index (χ3n) is 4.39. The van der Waals surface area contributed by atoms with Gasteiger partial charge in [0.25, 0.3) is 0 Å². The van der Waals surface area contributed by atoms with Gasteiger partial charge in [0.1, 0.15) is 0 Å². The zero-order valence-corrected chi connectivity index (χ0v) is 19.5. The van der Waals surface area contributed by atoms with Crippen LogP contribution in [0, 0.1) is 45.3 Å². The number of nitrogens with two attached hydrogens (primary N) is 1. The monoisotopic (exact) mass is 606 g/mol. The van der Waals surface area contributed by atoms with E-state index in [0.29, 0.717) is 27.2 Å². The van der Waals surface area contributed by atoms with E-state index in [1.165, 1.54) is 17.5 Å². The van der Waals surface area contributed by atoms with Crippen LogP contribution in [0.2, 0.25) is 0 Å². The molecule has 5 nitrogen and oxygen atoms in total. The van der Waals surface area contributed by atoms with Gasteiger partial charge in [-0.25, -0.2) is 0 Å². The summed E-state index contributed by atoms with van der Waals surface area (Å²) in [5.41, 5.74) is 8.40. The van der Waals surface area contributed by atoms with Gasteiger partial charge in [-0.1, -0.05) is 0 Å². The van der Waals surface area contributed by atoms with Crippen molar-refractivity contribution in [2.75, 3.05) is 0 Å². The Hall–Kier alpha value is -2.38. The molecule has 0 radical (unpaired) electrons. The van der Waals surface area contributed by atoms with Crippen LogP contribution in [0.4, 0.5) is 0 Å². The van der Waals surface area contributed by atoms with Crippen LogP contribution in [0.3, 0.4) is 0 Å². The molecule has 3 rings (SSSR count). The summed E-state index contributed by atoms with van der Waals surface area (Å²) in [6.07, 6.45) is 9.64. The number of fused-ring (bicyclic) bond motifs is 3. The molecular weight excluding hydrogens is 596 g/mol. The molecule has 0 aliphatic heterocycles. The molecule has 8 heteroatoms. The molecule has 0 amide bonds. The Balaban J connectivity index is 2.48. The number of hydrogen-bond acceptors (Lipinski definition) is 6. The van der Waals surface area contributed by atoms with Gasteiger partial charge < -0.3 is 0 Å². The normalized spacial score (nSPS) is 20.6. The van der Waals surface area contributed by atoms with Crippen molar-refractivity contribution >= 4 is 53.3 Å². The average molecular weight is 606 g/mol. The Labute approximate surface area is 186 Å². The van der Waals surface area contributed by atoms with E-state index in [4.69, 9.17) is 5.73 Å². The number of hydrogen-bond donors (Lipinski definition) is 1. The molecule has 1 aromatic rings. The molecule has 0 bridgehead atoms. The zero-order valence-electron chi connectivity index (χ0n) is 14.4. The summed E-state index contributed by atoms with van der Waals surface area (Å²) in [6, 6.07) is 7.70. The van der Waals surface area contributed by atoms with Crippen molar-refractivity contribution in [3.63, 3.8) is 0 Å². The van der Waals surface area contributed by atoms with Crippen molar-refractivity contribution in [3.05, 3.63) is 56.0 Å². The standard InChI is InChI=1S/C20H10I2N5S/c1-20(22-21)4-2-13-15(3-5-20)28-19-17(12(8-25)9-26)14(10-27)16(18(13)19)11(6-23)7-24/h2-5,10H,27H2,1H3/q-1/b14-10+. The fourth-order valence-electron chi connectivity index (χ4n) is 3.09. The number of nitrogens with zero attached hydrogens (tertiary/aromatic N) is 4. The van der Waals surface area contributed by atoms with E-state index in [0.717, 1.165) is 10.4 Å². The summed E-state index contributed by atoms with van der Waals surface area (Å²) in [7, 11) is 0. The number of alkyl halides is 1. The van der Waals surface area contributed by atoms with Crippen LogP contribution in [0.1, 0.15) is 27.8 Å². The Morgan fingerprint density at radius 1 is 1.07 bits per heavy atom. The van der Waals surface area contributed by atoms with Crippen LogP contribution in [0.25, 0.3) is 23.3 Å². The molecule has 28 heavy (non-hydrogen) atoms. The molecule has 2 aliphatic carbocycles. The maximum absolute atomic E-state index is 9.51. The molecule has 2 N–H and O–H groups in total. The molecule has 1 aromatic heterocycles. The number of thiophene rings is 1. The van der Waals surface area contributed by atoms with E-state index < -0.39 is 0 Å². The first-order valence-electron chi connectivity index (χ1n) is 7.83. The Bertz CT molecular complexity index is 1180. The van der Waals surface area contributed by atoms with E-state index in [1.807, 2.05) is 30.4 Å². The van der Waals surface area contributed by atoms with Crippen molar-refractivity contribution in [3.8, 4) is 24.3 Å². The Kier molecular flexibility index (Phi) is 5.76. The predicted octanol–water partition coefficient (Wildman–Crippen LogP) is 1.44. The number of allylic oxidation sites excluding steroid dienone is 7. The molecule has 0 spiro atoms. The van der Waals surface area contributed by atoms with Crippen molar-refractivity contribution < 1.29 is 17.2 Å². The number of rotatable bonds is 1. The van der Waals surface area contributed by atoms with Crippen LogP contribution in [-0.4, -0.2) is 3.42 Å². The molecule has 1 atom stereocenters. The second kappa shape index (κ2) is 7.93. The van der Waals surface area contributed by atoms with Crippen LogP contribution in [-0.2, 0) is 0 Å². The van der Waals surface area contributed by atoms with E-state index in [9.17, 15) is 21.0 Å². The van der Waals surface area contributed by atoms with Crippen LogP contribution < -0.4 is 23.0 Å². The summed E-state index contributed by atoms with van der Waals surface area (Å²) < 4.78 is -0.00347. The molecule has 0 fully saturated rings. The molecular formula is C20H10I2N5S-. The Morgan fingerprint density at radius 2 is 1.64 bits per heavy atom. The summed E-state index contributed by atoms with van der Waals surface area (Å²) in [5.74, 6) is 0.